The largest absolute Gasteiger partial charge is 0.396 e. The second kappa shape index (κ2) is 4.90. The molecular formula is C13H17F3N2. The van der Waals surface area contributed by atoms with Crippen molar-refractivity contribution < 1.29 is 13.2 Å². The topological polar surface area (TPSA) is 29.3 Å². The molecule has 1 aliphatic rings. The molecule has 100 valence electrons. The summed E-state index contributed by atoms with van der Waals surface area (Å²) >= 11 is 0. The quantitative estimate of drug-likeness (QED) is 0.902. The zero-order valence-electron chi connectivity index (χ0n) is 10.1. The van der Waals surface area contributed by atoms with Gasteiger partial charge in [-0.2, -0.15) is 13.2 Å². The third-order valence-electron chi connectivity index (χ3n) is 3.67. The Kier molecular flexibility index (Phi) is 3.64. The third-order valence-corrected chi connectivity index (χ3v) is 3.67. The molecule has 1 atom stereocenters. The van der Waals surface area contributed by atoms with Crippen LogP contribution >= 0.6 is 0 Å². The Labute approximate surface area is 105 Å². The summed E-state index contributed by atoms with van der Waals surface area (Å²) < 4.78 is 39.1. The van der Waals surface area contributed by atoms with E-state index in [0.29, 0.717) is 13.1 Å². The zero-order valence-corrected chi connectivity index (χ0v) is 10.1. The molecule has 0 aliphatic carbocycles. The fraction of sp³-hybridized carbons (Fsp3) is 0.538. The summed E-state index contributed by atoms with van der Waals surface area (Å²) in [5, 5.41) is 0. The number of benzene rings is 1. The first-order chi connectivity index (χ1) is 8.47. The van der Waals surface area contributed by atoms with Gasteiger partial charge in [-0.05, 0) is 18.5 Å². The summed E-state index contributed by atoms with van der Waals surface area (Å²) in [6.45, 7) is 0.675. The highest BCUT2D eigenvalue weighted by Gasteiger charge is 2.56. The van der Waals surface area contributed by atoms with Crippen molar-refractivity contribution in [2.75, 3.05) is 19.6 Å². The van der Waals surface area contributed by atoms with Crippen LogP contribution in [0.4, 0.5) is 13.2 Å². The molecule has 1 aliphatic heterocycles. The van der Waals surface area contributed by atoms with Crippen LogP contribution in [0.5, 0.6) is 0 Å². The Morgan fingerprint density at radius 2 is 1.89 bits per heavy atom. The van der Waals surface area contributed by atoms with E-state index >= 15 is 0 Å². The number of alkyl halides is 3. The van der Waals surface area contributed by atoms with E-state index in [-0.39, 0.29) is 19.5 Å². The van der Waals surface area contributed by atoms with Gasteiger partial charge in [-0.1, -0.05) is 30.3 Å². The van der Waals surface area contributed by atoms with Crippen molar-refractivity contribution in [1.29, 1.82) is 0 Å². The van der Waals surface area contributed by atoms with Gasteiger partial charge in [0.05, 0.1) is 5.41 Å². The number of halogens is 3. The average molecular weight is 258 g/mol. The normalized spacial score (nSPS) is 25.6. The van der Waals surface area contributed by atoms with Gasteiger partial charge in [0.15, 0.2) is 0 Å². The summed E-state index contributed by atoms with van der Waals surface area (Å²) in [6.07, 6.45) is -4.12. The molecule has 1 heterocycles. The van der Waals surface area contributed by atoms with Crippen molar-refractivity contribution in [1.82, 2.24) is 4.90 Å². The van der Waals surface area contributed by atoms with Crippen molar-refractivity contribution in [3.05, 3.63) is 35.9 Å². The molecule has 1 aromatic rings. The van der Waals surface area contributed by atoms with Crippen molar-refractivity contribution in [2.24, 2.45) is 11.1 Å². The van der Waals surface area contributed by atoms with Crippen molar-refractivity contribution in [2.45, 2.75) is 19.1 Å². The van der Waals surface area contributed by atoms with Crippen LogP contribution in [0.25, 0.3) is 0 Å². The molecule has 1 fully saturated rings. The SMILES string of the molecule is NC[C@]1(C(F)(F)F)CCN(Cc2ccccc2)C1. The van der Waals surface area contributed by atoms with E-state index in [1.54, 1.807) is 0 Å². The van der Waals surface area contributed by atoms with Crippen LogP contribution in [-0.2, 0) is 6.54 Å². The van der Waals surface area contributed by atoms with E-state index in [1.807, 2.05) is 35.2 Å². The summed E-state index contributed by atoms with van der Waals surface area (Å²) in [7, 11) is 0. The van der Waals surface area contributed by atoms with Gasteiger partial charge < -0.3 is 5.73 Å². The van der Waals surface area contributed by atoms with E-state index in [4.69, 9.17) is 5.73 Å². The molecule has 1 aromatic carbocycles. The Morgan fingerprint density at radius 1 is 1.22 bits per heavy atom. The van der Waals surface area contributed by atoms with Crippen molar-refractivity contribution >= 4 is 0 Å². The fourth-order valence-corrected chi connectivity index (χ4v) is 2.45. The number of rotatable bonds is 3. The molecule has 2 nitrogen and oxygen atoms in total. The van der Waals surface area contributed by atoms with Crippen LogP contribution in [0.1, 0.15) is 12.0 Å². The molecule has 0 saturated carbocycles. The zero-order chi connectivity index (χ0) is 13.2. The molecule has 0 bridgehead atoms. The van der Waals surface area contributed by atoms with Crippen LogP contribution in [-0.4, -0.2) is 30.7 Å². The van der Waals surface area contributed by atoms with Gasteiger partial charge in [0.1, 0.15) is 0 Å². The smallest absolute Gasteiger partial charge is 0.330 e. The van der Waals surface area contributed by atoms with E-state index in [9.17, 15) is 13.2 Å². The first-order valence-electron chi connectivity index (χ1n) is 6.00. The third kappa shape index (κ3) is 2.52. The van der Waals surface area contributed by atoms with Crippen LogP contribution in [0.2, 0.25) is 0 Å². The highest BCUT2D eigenvalue weighted by Crippen LogP contribution is 2.44. The molecule has 5 heteroatoms. The predicted molar refractivity (Wildman–Crippen MR) is 63.9 cm³/mol. The number of nitrogens with two attached hydrogens (primary N) is 1. The van der Waals surface area contributed by atoms with Gasteiger partial charge in [0.2, 0.25) is 0 Å². The molecule has 2 rings (SSSR count). The molecular weight excluding hydrogens is 241 g/mol. The molecule has 2 N–H and O–H groups in total. The lowest BCUT2D eigenvalue weighted by atomic mass is 9.86. The standard InChI is InChI=1S/C13H17F3N2/c14-13(15,16)12(9-17)6-7-18(10-12)8-11-4-2-1-3-5-11/h1-5H,6-10,17H2/t12-/m1/s1. The van der Waals surface area contributed by atoms with Crippen molar-refractivity contribution in [3.8, 4) is 0 Å². The molecule has 18 heavy (non-hydrogen) atoms. The predicted octanol–water partition coefficient (Wildman–Crippen LogP) is 2.40. The summed E-state index contributed by atoms with van der Waals surface area (Å²) in [6, 6.07) is 9.54. The van der Waals surface area contributed by atoms with E-state index < -0.39 is 11.6 Å². The van der Waals surface area contributed by atoms with E-state index in [0.717, 1.165) is 5.56 Å². The minimum Gasteiger partial charge on any atom is -0.330 e. The highest BCUT2D eigenvalue weighted by molar-refractivity contribution is 5.15. The molecule has 0 unspecified atom stereocenters. The number of likely N-dealkylation sites (tertiary alicyclic amines) is 1. The second-order valence-corrected chi connectivity index (χ2v) is 4.93. The first kappa shape index (κ1) is 13.4. The van der Waals surface area contributed by atoms with Crippen LogP contribution in [0.3, 0.4) is 0 Å². The lowest BCUT2D eigenvalue weighted by Crippen LogP contribution is -2.46. The Balaban J connectivity index is 2.04. The van der Waals surface area contributed by atoms with Crippen LogP contribution in [0, 0.1) is 5.41 Å². The van der Waals surface area contributed by atoms with Gasteiger partial charge in [-0.15, -0.1) is 0 Å². The van der Waals surface area contributed by atoms with Gasteiger partial charge in [0, 0.05) is 19.6 Å². The maximum absolute atomic E-state index is 13.0. The van der Waals surface area contributed by atoms with Crippen LogP contribution in [0.15, 0.2) is 30.3 Å². The molecule has 0 aromatic heterocycles. The molecule has 0 amide bonds. The second-order valence-electron chi connectivity index (χ2n) is 4.93. The monoisotopic (exact) mass is 258 g/mol. The van der Waals surface area contributed by atoms with E-state index in [1.165, 1.54) is 0 Å². The number of hydrogen-bond donors (Lipinski definition) is 1. The minimum atomic E-state index is -4.22. The summed E-state index contributed by atoms with van der Waals surface area (Å²) in [5.74, 6) is 0. The Bertz CT molecular complexity index is 391. The maximum Gasteiger partial charge on any atom is 0.396 e. The first-order valence-corrected chi connectivity index (χ1v) is 6.00. The van der Waals surface area contributed by atoms with Gasteiger partial charge >= 0.3 is 6.18 Å². The fourth-order valence-electron chi connectivity index (χ4n) is 2.45. The van der Waals surface area contributed by atoms with Gasteiger partial charge in [-0.25, -0.2) is 0 Å². The Hall–Kier alpha value is -1.07. The lowest BCUT2D eigenvalue weighted by Gasteiger charge is -2.30. The summed E-state index contributed by atoms with van der Waals surface area (Å²) in [4.78, 5) is 1.83. The summed E-state index contributed by atoms with van der Waals surface area (Å²) in [5.41, 5.74) is 4.68. The Morgan fingerprint density at radius 3 is 2.39 bits per heavy atom. The highest BCUT2D eigenvalue weighted by atomic mass is 19.4. The maximum atomic E-state index is 13.0. The number of hydrogen-bond acceptors (Lipinski definition) is 2. The number of nitrogens with zero attached hydrogens (tertiary/aromatic N) is 1. The molecule has 1 saturated heterocycles. The van der Waals surface area contributed by atoms with Gasteiger partial charge in [-0.3, -0.25) is 4.90 Å². The average Bonchev–Trinajstić information content (AvgIpc) is 2.74. The van der Waals surface area contributed by atoms with Crippen molar-refractivity contribution in [3.63, 3.8) is 0 Å². The van der Waals surface area contributed by atoms with E-state index in [2.05, 4.69) is 0 Å². The molecule has 0 spiro atoms. The van der Waals surface area contributed by atoms with Gasteiger partial charge in [0.25, 0.3) is 0 Å². The minimum absolute atomic E-state index is 0.00188. The molecule has 0 radical (unpaired) electrons. The van der Waals surface area contributed by atoms with Crippen LogP contribution < -0.4 is 5.73 Å². The lowest BCUT2D eigenvalue weighted by molar-refractivity contribution is -0.215.